The van der Waals surface area contributed by atoms with E-state index < -0.39 is 0 Å². The molecule has 7 heteroatoms. The number of hydrogen-bond acceptors (Lipinski definition) is 4. The molecule has 0 aromatic heterocycles. The van der Waals surface area contributed by atoms with Crippen LogP contribution in [0.15, 0.2) is 24.3 Å². The van der Waals surface area contributed by atoms with Gasteiger partial charge in [0.05, 0.1) is 0 Å². The van der Waals surface area contributed by atoms with Crippen LogP contribution in [0, 0.1) is 0 Å². The Bertz CT molecular complexity index is 452. The fraction of sp³-hybridized carbons (Fsp3) is 0.467. The van der Waals surface area contributed by atoms with Crippen molar-refractivity contribution in [3.63, 3.8) is 0 Å². The zero-order valence-electron chi connectivity index (χ0n) is 12.8. The average molecular weight is 330 g/mol. The first kappa shape index (κ1) is 20.2. The van der Waals surface area contributed by atoms with Crippen LogP contribution in [0.2, 0.25) is 0 Å². The van der Waals surface area contributed by atoms with Crippen molar-refractivity contribution in [2.45, 2.75) is 26.2 Å². The van der Waals surface area contributed by atoms with Crippen molar-refractivity contribution in [2.24, 2.45) is 5.73 Å². The molecule has 4 N–H and O–H groups in total. The van der Waals surface area contributed by atoms with Crippen LogP contribution in [0.3, 0.4) is 0 Å². The van der Waals surface area contributed by atoms with Crippen LogP contribution in [0.1, 0.15) is 26.2 Å². The number of hydrogen-bond donors (Lipinski definition) is 3. The summed E-state index contributed by atoms with van der Waals surface area (Å²) in [6.07, 6.45) is 1.25. The van der Waals surface area contributed by atoms with Gasteiger partial charge in [0.15, 0.2) is 0 Å². The number of benzene rings is 1. The normalized spacial score (nSPS) is 9.55. The van der Waals surface area contributed by atoms with Gasteiger partial charge in [-0.15, -0.1) is 12.4 Å². The Labute approximate surface area is 137 Å². The molecule has 1 rings (SSSR count). The fourth-order valence-electron chi connectivity index (χ4n) is 1.61. The monoisotopic (exact) mass is 329 g/mol. The Morgan fingerprint density at radius 3 is 2.36 bits per heavy atom. The van der Waals surface area contributed by atoms with Crippen LogP contribution < -0.4 is 21.1 Å². The first-order valence-corrected chi connectivity index (χ1v) is 7.15. The van der Waals surface area contributed by atoms with Gasteiger partial charge in [0, 0.05) is 31.6 Å². The number of amides is 2. The largest absolute Gasteiger partial charge is 0.492 e. The Morgan fingerprint density at radius 2 is 1.77 bits per heavy atom. The van der Waals surface area contributed by atoms with Crippen molar-refractivity contribution in [2.75, 3.05) is 25.0 Å². The molecule has 1 aromatic carbocycles. The van der Waals surface area contributed by atoms with E-state index in [1.165, 1.54) is 0 Å². The standard InChI is InChI=1S/C15H23N3O3.ClH/c1-2-10-17-14(19)7-8-15(20)18-12-3-5-13(6-4-12)21-11-9-16;/h3-6H,2,7-11,16H2,1H3,(H,17,19)(H,18,20);1H. The van der Waals surface area contributed by atoms with Crippen LogP contribution in [0.4, 0.5) is 5.69 Å². The summed E-state index contributed by atoms with van der Waals surface area (Å²) in [7, 11) is 0. The predicted octanol–water partition coefficient (Wildman–Crippen LogP) is 1.69. The molecule has 0 unspecified atom stereocenters. The molecule has 0 saturated heterocycles. The summed E-state index contributed by atoms with van der Waals surface area (Å²) in [4.78, 5) is 23.1. The van der Waals surface area contributed by atoms with E-state index in [4.69, 9.17) is 10.5 Å². The Morgan fingerprint density at radius 1 is 1.14 bits per heavy atom. The third-order valence-electron chi connectivity index (χ3n) is 2.68. The molecule has 22 heavy (non-hydrogen) atoms. The lowest BCUT2D eigenvalue weighted by atomic mass is 10.2. The second-order valence-electron chi connectivity index (χ2n) is 4.56. The van der Waals surface area contributed by atoms with Gasteiger partial charge in [-0.3, -0.25) is 9.59 Å². The maximum atomic E-state index is 11.7. The van der Waals surface area contributed by atoms with Crippen molar-refractivity contribution in [3.8, 4) is 5.75 Å². The van der Waals surface area contributed by atoms with Gasteiger partial charge in [-0.05, 0) is 30.7 Å². The third-order valence-corrected chi connectivity index (χ3v) is 2.68. The highest BCUT2D eigenvalue weighted by atomic mass is 35.5. The maximum Gasteiger partial charge on any atom is 0.224 e. The molecule has 2 amide bonds. The lowest BCUT2D eigenvalue weighted by Gasteiger charge is -2.08. The van der Waals surface area contributed by atoms with Crippen LogP contribution in [0.5, 0.6) is 5.75 Å². The molecule has 0 heterocycles. The van der Waals surface area contributed by atoms with E-state index in [1.807, 2.05) is 6.92 Å². The molecular formula is C15H24ClN3O3. The minimum absolute atomic E-state index is 0. The SMILES string of the molecule is CCCNC(=O)CCC(=O)Nc1ccc(OCCN)cc1.Cl. The minimum atomic E-state index is -0.183. The van der Waals surface area contributed by atoms with Gasteiger partial charge in [-0.1, -0.05) is 6.92 Å². The Balaban J connectivity index is 0.00000441. The highest BCUT2D eigenvalue weighted by molar-refractivity contribution is 5.93. The van der Waals surface area contributed by atoms with Gasteiger partial charge in [0.25, 0.3) is 0 Å². The maximum absolute atomic E-state index is 11.7. The van der Waals surface area contributed by atoms with Gasteiger partial charge < -0.3 is 21.1 Å². The molecule has 0 aliphatic rings. The second kappa shape index (κ2) is 11.8. The molecule has 1 aromatic rings. The van der Waals surface area contributed by atoms with Gasteiger partial charge in [0.2, 0.25) is 11.8 Å². The van der Waals surface area contributed by atoms with Crippen molar-refractivity contribution >= 4 is 29.9 Å². The number of halogens is 1. The van der Waals surface area contributed by atoms with Gasteiger partial charge >= 0.3 is 0 Å². The number of rotatable bonds is 9. The summed E-state index contributed by atoms with van der Waals surface area (Å²) >= 11 is 0. The van der Waals surface area contributed by atoms with Gasteiger partial charge in [0.1, 0.15) is 12.4 Å². The van der Waals surface area contributed by atoms with E-state index in [0.29, 0.717) is 31.1 Å². The number of ether oxygens (including phenoxy) is 1. The zero-order valence-corrected chi connectivity index (χ0v) is 13.6. The lowest BCUT2D eigenvalue weighted by Crippen LogP contribution is -2.25. The molecule has 0 fully saturated rings. The number of nitrogens with one attached hydrogen (secondary N) is 2. The quantitative estimate of drug-likeness (QED) is 0.642. The molecule has 0 saturated carbocycles. The molecule has 0 aliphatic heterocycles. The molecule has 0 radical (unpaired) electrons. The van der Waals surface area contributed by atoms with Gasteiger partial charge in [-0.2, -0.15) is 0 Å². The van der Waals surface area contributed by atoms with E-state index in [1.54, 1.807) is 24.3 Å². The molecule has 0 spiro atoms. The van der Waals surface area contributed by atoms with Crippen molar-refractivity contribution < 1.29 is 14.3 Å². The first-order chi connectivity index (χ1) is 10.2. The summed E-state index contributed by atoms with van der Waals surface area (Å²) in [5.74, 6) is 0.423. The van der Waals surface area contributed by atoms with E-state index in [-0.39, 0.29) is 37.1 Å². The summed E-state index contributed by atoms with van der Waals surface area (Å²) < 4.78 is 5.34. The molecule has 6 nitrogen and oxygen atoms in total. The number of anilines is 1. The van der Waals surface area contributed by atoms with Crippen LogP contribution in [-0.4, -0.2) is 31.5 Å². The summed E-state index contributed by atoms with van der Waals surface area (Å²) in [6.45, 7) is 3.54. The average Bonchev–Trinajstić information content (AvgIpc) is 2.50. The van der Waals surface area contributed by atoms with Crippen molar-refractivity contribution in [1.82, 2.24) is 5.32 Å². The number of nitrogens with two attached hydrogens (primary N) is 1. The summed E-state index contributed by atoms with van der Waals surface area (Å²) in [5, 5.41) is 5.47. The van der Waals surface area contributed by atoms with Gasteiger partial charge in [-0.25, -0.2) is 0 Å². The molecule has 0 bridgehead atoms. The van der Waals surface area contributed by atoms with Crippen LogP contribution in [0.25, 0.3) is 0 Å². The second-order valence-corrected chi connectivity index (χ2v) is 4.56. The summed E-state index contributed by atoms with van der Waals surface area (Å²) in [5.41, 5.74) is 6.02. The first-order valence-electron chi connectivity index (χ1n) is 7.15. The van der Waals surface area contributed by atoms with E-state index in [2.05, 4.69) is 10.6 Å². The fourth-order valence-corrected chi connectivity index (χ4v) is 1.61. The van der Waals surface area contributed by atoms with Crippen molar-refractivity contribution in [3.05, 3.63) is 24.3 Å². The highest BCUT2D eigenvalue weighted by Crippen LogP contribution is 2.15. The van der Waals surface area contributed by atoms with Crippen LogP contribution >= 0.6 is 12.4 Å². The van der Waals surface area contributed by atoms with E-state index >= 15 is 0 Å². The molecular weight excluding hydrogens is 306 g/mol. The predicted molar refractivity (Wildman–Crippen MR) is 89.4 cm³/mol. The number of carbonyl (C=O) groups is 2. The molecule has 124 valence electrons. The topological polar surface area (TPSA) is 93.5 Å². The zero-order chi connectivity index (χ0) is 15.5. The Hall–Kier alpha value is -1.79. The Kier molecular flexibility index (Phi) is 10.9. The third kappa shape index (κ3) is 8.49. The van der Waals surface area contributed by atoms with E-state index in [0.717, 1.165) is 6.42 Å². The van der Waals surface area contributed by atoms with E-state index in [9.17, 15) is 9.59 Å². The van der Waals surface area contributed by atoms with Crippen LogP contribution in [-0.2, 0) is 9.59 Å². The molecule has 0 aliphatic carbocycles. The minimum Gasteiger partial charge on any atom is -0.492 e. The number of carbonyl (C=O) groups excluding carboxylic acids is 2. The summed E-state index contributed by atoms with van der Waals surface area (Å²) in [6, 6.07) is 7.03. The smallest absolute Gasteiger partial charge is 0.224 e. The molecule has 0 atom stereocenters. The lowest BCUT2D eigenvalue weighted by molar-refractivity contribution is -0.124. The highest BCUT2D eigenvalue weighted by Gasteiger charge is 2.06. The van der Waals surface area contributed by atoms with Crippen molar-refractivity contribution in [1.29, 1.82) is 0 Å².